The molecule has 4 nitrogen and oxygen atoms in total. The number of nitrogens with zero attached hydrogens (tertiary/aromatic N) is 1. The fraction of sp³-hybridized carbons (Fsp3) is 0.200. The first-order chi connectivity index (χ1) is 6.66. The number of rotatable bonds is 2. The lowest BCUT2D eigenvalue weighted by Crippen LogP contribution is -1.99. The van der Waals surface area contributed by atoms with Crippen molar-refractivity contribution in [3.05, 3.63) is 29.7 Å². The molecule has 1 heterocycles. The summed E-state index contributed by atoms with van der Waals surface area (Å²) in [4.78, 5) is 14.5. The predicted octanol–water partition coefficient (Wildman–Crippen LogP) is 1.76. The highest BCUT2D eigenvalue weighted by molar-refractivity contribution is 5.77. The predicted molar refractivity (Wildman–Crippen MR) is 50.1 cm³/mol. The first kappa shape index (κ1) is 8.74. The van der Waals surface area contributed by atoms with Crippen LogP contribution < -0.4 is 0 Å². The number of oxazole rings is 1. The Morgan fingerprint density at radius 1 is 1.57 bits per heavy atom. The number of hydrogen-bond acceptors (Lipinski definition) is 3. The second kappa shape index (κ2) is 3.14. The molecule has 2 aromatic rings. The number of aromatic nitrogens is 1. The maximum atomic E-state index is 10.4. The van der Waals surface area contributed by atoms with Crippen LogP contribution in [0.15, 0.2) is 22.6 Å². The van der Waals surface area contributed by atoms with Crippen molar-refractivity contribution in [2.45, 2.75) is 13.3 Å². The van der Waals surface area contributed by atoms with Crippen LogP contribution in [-0.4, -0.2) is 16.1 Å². The summed E-state index contributed by atoms with van der Waals surface area (Å²) in [6, 6.07) is 5.55. The third kappa shape index (κ3) is 1.46. The highest BCUT2D eigenvalue weighted by atomic mass is 16.4. The van der Waals surface area contributed by atoms with Crippen molar-refractivity contribution >= 4 is 17.1 Å². The Kier molecular flexibility index (Phi) is 1.96. The SMILES string of the molecule is Cc1cccc2oc(CC(=O)O)nc12. The van der Waals surface area contributed by atoms with Gasteiger partial charge in [-0.05, 0) is 18.6 Å². The van der Waals surface area contributed by atoms with E-state index in [9.17, 15) is 4.79 Å². The lowest BCUT2D eigenvalue weighted by Gasteiger charge is -1.88. The largest absolute Gasteiger partial charge is 0.481 e. The normalized spacial score (nSPS) is 10.6. The summed E-state index contributed by atoms with van der Waals surface area (Å²) in [6.45, 7) is 1.91. The van der Waals surface area contributed by atoms with E-state index in [1.807, 2.05) is 19.1 Å². The van der Waals surface area contributed by atoms with Gasteiger partial charge in [-0.3, -0.25) is 4.79 Å². The van der Waals surface area contributed by atoms with Crippen molar-refractivity contribution in [1.29, 1.82) is 0 Å². The summed E-state index contributed by atoms with van der Waals surface area (Å²) in [5, 5.41) is 8.56. The smallest absolute Gasteiger partial charge is 0.312 e. The van der Waals surface area contributed by atoms with Crippen LogP contribution in [0, 0.1) is 6.92 Å². The van der Waals surface area contributed by atoms with Gasteiger partial charge in [0.25, 0.3) is 0 Å². The van der Waals surface area contributed by atoms with Crippen LogP contribution in [0.4, 0.5) is 0 Å². The Morgan fingerprint density at radius 2 is 2.36 bits per heavy atom. The van der Waals surface area contributed by atoms with Crippen LogP contribution in [0.5, 0.6) is 0 Å². The topological polar surface area (TPSA) is 63.3 Å². The number of carbonyl (C=O) groups is 1. The van der Waals surface area contributed by atoms with E-state index >= 15 is 0 Å². The average molecular weight is 191 g/mol. The number of carboxylic acid groups (broad SMARTS) is 1. The molecule has 0 aliphatic carbocycles. The Hall–Kier alpha value is -1.84. The molecule has 72 valence electrons. The van der Waals surface area contributed by atoms with Gasteiger partial charge in [0.15, 0.2) is 5.58 Å². The van der Waals surface area contributed by atoms with E-state index in [-0.39, 0.29) is 12.3 Å². The molecule has 0 aliphatic heterocycles. The Bertz CT molecular complexity index is 487. The molecule has 0 spiro atoms. The van der Waals surface area contributed by atoms with E-state index in [1.165, 1.54) is 0 Å². The maximum absolute atomic E-state index is 10.4. The summed E-state index contributed by atoms with van der Waals surface area (Å²) in [5.74, 6) is -0.684. The number of fused-ring (bicyclic) bond motifs is 1. The van der Waals surface area contributed by atoms with Gasteiger partial charge in [-0.25, -0.2) is 4.98 Å². The van der Waals surface area contributed by atoms with Crippen molar-refractivity contribution < 1.29 is 14.3 Å². The molecule has 1 aromatic heterocycles. The molecule has 1 N–H and O–H groups in total. The molecule has 14 heavy (non-hydrogen) atoms. The van der Waals surface area contributed by atoms with Gasteiger partial charge in [-0.1, -0.05) is 12.1 Å². The van der Waals surface area contributed by atoms with E-state index in [0.29, 0.717) is 5.58 Å². The standard InChI is InChI=1S/C10H9NO3/c1-6-3-2-4-7-10(6)11-8(14-7)5-9(12)13/h2-4H,5H2,1H3,(H,12,13). The van der Waals surface area contributed by atoms with Crippen LogP contribution in [0.25, 0.3) is 11.1 Å². The quantitative estimate of drug-likeness (QED) is 0.785. The molecule has 0 aliphatic rings. The van der Waals surface area contributed by atoms with Crippen molar-refractivity contribution in [3.8, 4) is 0 Å². The van der Waals surface area contributed by atoms with Gasteiger partial charge < -0.3 is 9.52 Å². The summed E-state index contributed by atoms with van der Waals surface area (Å²) < 4.78 is 5.27. The first-order valence-corrected chi connectivity index (χ1v) is 4.23. The minimum atomic E-state index is -0.936. The monoisotopic (exact) mass is 191 g/mol. The highest BCUT2D eigenvalue weighted by Crippen LogP contribution is 2.18. The zero-order chi connectivity index (χ0) is 10.1. The molecule has 0 saturated heterocycles. The molecule has 0 unspecified atom stereocenters. The Labute approximate surface area is 80.2 Å². The zero-order valence-corrected chi connectivity index (χ0v) is 7.65. The molecule has 4 heteroatoms. The van der Waals surface area contributed by atoms with Gasteiger partial charge in [0, 0.05) is 0 Å². The Balaban J connectivity index is 2.51. The van der Waals surface area contributed by atoms with E-state index in [0.717, 1.165) is 11.1 Å². The van der Waals surface area contributed by atoms with Crippen LogP contribution in [0.2, 0.25) is 0 Å². The number of aryl methyl sites for hydroxylation is 1. The lowest BCUT2D eigenvalue weighted by molar-refractivity contribution is -0.136. The lowest BCUT2D eigenvalue weighted by atomic mass is 10.2. The van der Waals surface area contributed by atoms with Crippen molar-refractivity contribution in [3.63, 3.8) is 0 Å². The summed E-state index contributed by atoms with van der Waals surface area (Å²) >= 11 is 0. The number of carboxylic acids is 1. The second-order valence-electron chi connectivity index (χ2n) is 3.10. The molecule has 2 rings (SSSR count). The summed E-state index contributed by atoms with van der Waals surface area (Å²) in [7, 11) is 0. The van der Waals surface area contributed by atoms with Gasteiger partial charge in [0.1, 0.15) is 11.9 Å². The average Bonchev–Trinajstić information content (AvgIpc) is 2.47. The van der Waals surface area contributed by atoms with Gasteiger partial charge in [0.05, 0.1) is 0 Å². The summed E-state index contributed by atoms with van der Waals surface area (Å²) in [6.07, 6.45) is -0.173. The van der Waals surface area contributed by atoms with Crippen LogP contribution >= 0.6 is 0 Å². The van der Waals surface area contributed by atoms with Crippen LogP contribution in [-0.2, 0) is 11.2 Å². The van der Waals surface area contributed by atoms with Crippen LogP contribution in [0.1, 0.15) is 11.5 Å². The summed E-state index contributed by atoms with van der Waals surface area (Å²) in [5.41, 5.74) is 2.37. The number of benzene rings is 1. The van der Waals surface area contributed by atoms with E-state index in [1.54, 1.807) is 6.07 Å². The van der Waals surface area contributed by atoms with Gasteiger partial charge in [0.2, 0.25) is 5.89 Å². The maximum Gasteiger partial charge on any atom is 0.312 e. The van der Waals surface area contributed by atoms with E-state index in [2.05, 4.69) is 4.98 Å². The minimum absolute atomic E-state index is 0.173. The van der Waals surface area contributed by atoms with Gasteiger partial charge in [-0.2, -0.15) is 0 Å². The highest BCUT2D eigenvalue weighted by Gasteiger charge is 2.10. The third-order valence-electron chi connectivity index (χ3n) is 1.97. The third-order valence-corrected chi connectivity index (χ3v) is 1.97. The molecule has 1 aromatic carbocycles. The second-order valence-corrected chi connectivity index (χ2v) is 3.10. The van der Waals surface area contributed by atoms with E-state index in [4.69, 9.17) is 9.52 Å². The minimum Gasteiger partial charge on any atom is -0.481 e. The molecule has 0 atom stereocenters. The molecular weight excluding hydrogens is 182 g/mol. The van der Waals surface area contributed by atoms with Crippen molar-refractivity contribution in [2.75, 3.05) is 0 Å². The molecule has 0 saturated carbocycles. The molecule has 0 fully saturated rings. The van der Waals surface area contributed by atoms with E-state index < -0.39 is 5.97 Å². The fourth-order valence-corrected chi connectivity index (χ4v) is 1.34. The molecule has 0 amide bonds. The van der Waals surface area contributed by atoms with Crippen LogP contribution in [0.3, 0.4) is 0 Å². The van der Waals surface area contributed by atoms with Gasteiger partial charge in [-0.15, -0.1) is 0 Å². The Morgan fingerprint density at radius 3 is 3.00 bits per heavy atom. The van der Waals surface area contributed by atoms with Gasteiger partial charge >= 0.3 is 5.97 Å². The fourth-order valence-electron chi connectivity index (χ4n) is 1.34. The molecular formula is C10H9NO3. The molecule has 0 bridgehead atoms. The number of aliphatic carboxylic acids is 1. The van der Waals surface area contributed by atoms with Crippen molar-refractivity contribution in [1.82, 2.24) is 4.98 Å². The van der Waals surface area contributed by atoms with Crippen molar-refractivity contribution in [2.24, 2.45) is 0 Å². The number of hydrogen-bond donors (Lipinski definition) is 1. The number of para-hydroxylation sites is 1. The zero-order valence-electron chi connectivity index (χ0n) is 7.65. The molecule has 0 radical (unpaired) electrons. The first-order valence-electron chi connectivity index (χ1n) is 4.23.